The molecule has 0 atom stereocenters. The van der Waals surface area contributed by atoms with Crippen LogP contribution in [0.4, 0.5) is 0 Å². The van der Waals surface area contributed by atoms with E-state index in [4.69, 9.17) is 0 Å². The van der Waals surface area contributed by atoms with E-state index in [1.807, 2.05) is 13.8 Å². The van der Waals surface area contributed by atoms with E-state index in [0.29, 0.717) is 0 Å². The highest BCUT2D eigenvalue weighted by atomic mass is 32.2. The van der Waals surface area contributed by atoms with E-state index in [9.17, 15) is 0 Å². The second kappa shape index (κ2) is 6.73. The van der Waals surface area contributed by atoms with Gasteiger partial charge in [0.05, 0.1) is 0 Å². The second-order valence-electron chi connectivity index (χ2n) is 1.64. The molecule has 1 aliphatic rings. The highest BCUT2D eigenvalue weighted by Crippen LogP contribution is 2.18. The highest BCUT2D eigenvalue weighted by molar-refractivity contribution is 7.97. The minimum absolute atomic E-state index is 1.00. The third kappa shape index (κ3) is 3.82. The summed E-state index contributed by atoms with van der Waals surface area (Å²) in [5.41, 5.74) is 0. The van der Waals surface area contributed by atoms with Crippen LogP contribution in [0.25, 0.3) is 0 Å². The quantitative estimate of drug-likeness (QED) is 0.620. The van der Waals surface area contributed by atoms with Gasteiger partial charge in [0.25, 0.3) is 0 Å². The Balaban J connectivity index is 0.000000461. The van der Waals surface area contributed by atoms with E-state index >= 15 is 0 Å². The zero-order valence-corrected chi connectivity index (χ0v) is 9.21. The Morgan fingerprint density at radius 2 is 1.36 bits per heavy atom. The fraction of sp³-hybridized carbons (Fsp3) is 0.714. The van der Waals surface area contributed by atoms with Crippen molar-refractivity contribution in [2.24, 2.45) is 0 Å². The van der Waals surface area contributed by atoms with Crippen molar-refractivity contribution < 1.29 is 0 Å². The molecule has 0 radical (unpaired) electrons. The average Bonchev–Trinajstić information content (AvgIpc) is 2.55. The summed E-state index contributed by atoms with van der Waals surface area (Å²) in [6, 6.07) is 0. The van der Waals surface area contributed by atoms with Crippen LogP contribution in [0.5, 0.6) is 0 Å². The molecule has 0 saturated heterocycles. The van der Waals surface area contributed by atoms with E-state index in [0.717, 1.165) is 6.67 Å². The molecule has 1 heterocycles. The third-order valence-electron chi connectivity index (χ3n) is 1.15. The minimum atomic E-state index is 1.00. The predicted molar refractivity (Wildman–Crippen MR) is 56.1 cm³/mol. The fourth-order valence-electron chi connectivity index (χ4n) is 0.618. The maximum Gasteiger partial charge on any atom is 0.110 e. The largest absolute Gasteiger partial charge is 0.302 e. The van der Waals surface area contributed by atoms with Crippen LogP contribution >= 0.6 is 23.9 Å². The van der Waals surface area contributed by atoms with Crippen molar-refractivity contribution in [3.05, 3.63) is 12.4 Å². The van der Waals surface area contributed by atoms with Gasteiger partial charge in [0, 0.05) is 24.9 Å². The Labute approximate surface area is 78.3 Å². The molecule has 11 heavy (non-hydrogen) atoms. The molecule has 0 aromatic heterocycles. The van der Waals surface area contributed by atoms with E-state index in [1.54, 1.807) is 23.9 Å². The van der Waals surface area contributed by atoms with Gasteiger partial charge in [-0.05, 0) is 0 Å². The monoisotopic (exact) mass is 192 g/mol. The zero-order valence-electron chi connectivity index (χ0n) is 7.57. The van der Waals surface area contributed by atoms with Crippen molar-refractivity contribution in [3.8, 4) is 0 Å². The molecule has 0 saturated carbocycles. The van der Waals surface area contributed by atoms with Gasteiger partial charge in [0.15, 0.2) is 0 Å². The average molecular weight is 192 g/mol. The number of hydrogen-bond acceptors (Lipinski definition) is 4. The van der Waals surface area contributed by atoms with E-state index in [-0.39, 0.29) is 0 Å². The molecule has 0 bridgehead atoms. The Morgan fingerprint density at radius 1 is 1.00 bits per heavy atom. The second-order valence-corrected chi connectivity index (χ2v) is 3.31. The molecule has 4 heteroatoms. The van der Waals surface area contributed by atoms with Gasteiger partial charge in [-0.2, -0.15) is 0 Å². The molecule has 0 unspecified atom stereocenters. The number of nitrogens with zero attached hydrogens (tertiary/aromatic N) is 2. The lowest BCUT2D eigenvalue weighted by atomic mass is 11.0. The molecule has 0 aromatic carbocycles. The molecule has 0 aliphatic carbocycles. The molecule has 1 aliphatic heterocycles. The van der Waals surface area contributed by atoms with Crippen molar-refractivity contribution in [3.63, 3.8) is 0 Å². The first-order chi connectivity index (χ1) is 5.36. The van der Waals surface area contributed by atoms with E-state index < -0.39 is 0 Å². The summed E-state index contributed by atoms with van der Waals surface area (Å²) in [6.07, 6.45) is 8.32. The lowest BCUT2D eigenvalue weighted by molar-refractivity contribution is 0.522. The lowest BCUT2D eigenvalue weighted by Gasteiger charge is -2.15. The molecular weight excluding hydrogens is 176 g/mol. The van der Waals surface area contributed by atoms with Crippen LogP contribution < -0.4 is 0 Å². The van der Waals surface area contributed by atoms with E-state index in [2.05, 4.69) is 33.5 Å². The lowest BCUT2D eigenvalue weighted by Crippen LogP contribution is -2.13. The van der Waals surface area contributed by atoms with Crippen molar-refractivity contribution in [1.29, 1.82) is 0 Å². The molecule has 66 valence electrons. The normalized spacial score (nSPS) is 14.9. The van der Waals surface area contributed by atoms with Crippen LogP contribution in [0.3, 0.4) is 0 Å². The van der Waals surface area contributed by atoms with Gasteiger partial charge in [-0.25, -0.2) is 0 Å². The summed E-state index contributed by atoms with van der Waals surface area (Å²) < 4.78 is 4.35. The summed E-state index contributed by atoms with van der Waals surface area (Å²) in [5.74, 6) is 0. The van der Waals surface area contributed by atoms with Crippen molar-refractivity contribution >= 4 is 23.9 Å². The van der Waals surface area contributed by atoms with Gasteiger partial charge in [-0.3, -0.25) is 0 Å². The van der Waals surface area contributed by atoms with Crippen LogP contribution in [0.2, 0.25) is 0 Å². The Morgan fingerprint density at radius 3 is 1.55 bits per heavy atom. The van der Waals surface area contributed by atoms with Crippen molar-refractivity contribution in [2.75, 3.05) is 19.2 Å². The topological polar surface area (TPSA) is 6.48 Å². The highest BCUT2D eigenvalue weighted by Gasteiger charge is 2.08. The Kier molecular flexibility index (Phi) is 6.76. The summed E-state index contributed by atoms with van der Waals surface area (Å²) in [5, 5.41) is 0. The van der Waals surface area contributed by atoms with Crippen molar-refractivity contribution in [2.45, 2.75) is 13.8 Å². The molecule has 0 N–H and O–H groups in total. The van der Waals surface area contributed by atoms with Crippen molar-refractivity contribution in [1.82, 2.24) is 8.61 Å². The first-order valence-corrected chi connectivity index (χ1v) is 6.03. The first-order valence-electron chi connectivity index (χ1n) is 3.66. The van der Waals surface area contributed by atoms with Gasteiger partial charge < -0.3 is 8.61 Å². The standard InChI is InChI=1S/C5H10N2S2.C2H6/c1-8-6-3-4-7(5-6)9-2;1-2/h3-4H,5H2,1-2H3;1-2H3. The number of hydrogen-bond donors (Lipinski definition) is 0. The van der Waals surface area contributed by atoms with Gasteiger partial charge in [0.1, 0.15) is 6.67 Å². The molecule has 0 fully saturated rings. The predicted octanol–water partition coefficient (Wildman–Crippen LogP) is 2.61. The smallest absolute Gasteiger partial charge is 0.110 e. The molecule has 0 amide bonds. The summed E-state index contributed by atoms with van der Waals surface area (Å²) in [4.78, 5) is 0. The third-order valence-corrected chi connectivity index (χ3v) is 2.56. The molecule has 1 rings (SSSR count). The van der Waals surface area contributed by atoms with Gasteiger partial charge in [-0.15, -0.1) is 0 Å². The maximum atomic E-state index is 2.18. The Bertz CT molecular complexity index is 105. The van der Waals surface area contributed by atoms with Gasteiger partial charge >= 0.3 is 0 Å². The summed E-state index contributed by atoms with van der Waals surface area (Å²) in [7, 11) is 0. The number of rotatable bonds is 2. The molecular formula is C7H16N2S2. The molecule has 2 nitrogen and oxygen atoms in total. The first kappa shape index (κ1) is 11.0. The van der Waals surface area contributed by atoms with Crippen LogP contribution in [0, 0.1) is 0 Å². The summed E-state index contributed by atoms with van der Waals surface area (Å²) in [6.45, 7) is 5.00. The van der Waals surface area contributed by atoms with Gasteiger partial charge in [0.2, 0.25) is 0 Å². The van der Waals surface area contributed by atoms with Crippen LogP contribution in [0.1, 0.15) is 13.8 Å². The van der Waals surface area contributed by atoms with Crippen LogP contribution in [-0.4, -0.2) is 27.8 Å². The molecule has 0 spiro atoms. The van der Waals surface area contributed by atoms with Gasteiger partial charge in [-0.1, -0.05) is 37.7 Å². The maximum absolute atomic E-state index is 2.18. The minimum Gasteiger partial charge on any atom is -0.302 e. The zero-order chi connectivity index (χ0) is 8.69. The van der Waals surface area contributed by atoms with Crippen LogP contribution in [-0.2, 0) is 0 Å². The Hall–Kier alpha value is 0.0400. The van der Waals surface area contributed by atoms with Crippen LogP contribution in [0.15, 0.2) is 12.4 Å². The van der Waals surface area contributed by atoms with E-state index in [1.165, 1.54) is 0 Å². The summed E-state index contributed by atoms with van der Waals surface area (Å²) >= 11 is 3.49. The SMILES string of the molecule is CC.CSN1C=CN(SC)C1. The fourth-order valence-corrected chi connectivity index (χ4v) is 1.52. The molecule has 0 aromatic rings.